The van der Waals surface area contributed by atoms with Crippen LogP contribution in [0.15, 0.2) is 6.33 Å². The van der Waals surface area contributed by atoms with E-state index in [-0.39, 0.29) is 30.0 Å². The minimum atomic E-state index is -0.558. The van der Waals surface area contributed by atoms with Gasteiger partial charge in [0.2, 0.25) is 11.6 Å². The Bertz CT molecular complexity index is 476. The predicted octanol–water partition coefficient (Wildman–Crippen LogP) is 1.10. The number of hydrogen-bond donors (Lipinski definition) is 2. The van der Waals surface area contributed by atoms with Gasteiger partial charge in [0.1, 0.15) is 6.33 Å². The van der Waals surface area contributed by atoms with Gasteiger partial charge >= 0.3 is 5.69 Å². The summed E-state index contributed by atoms with van der Waals surface area (Å²) in [5.74, 6) is 0.0715. The number of aromatic nitrogens is 2. The SMILES string of the molecule is Nc1ncnc(N(CCO)C2CCCCC2)c1[N+](=O)[O-]. The molecule has 3 N–H and O–H groups in total. The molecule has 0 aliphatic heterocycles. The number of aliphatic hydroxyl groups is 1. The zero-order chi connectivity index (χ0) is 14.5. The van der Waals surface area contributed by atoms with Crippen LogP contribution in [-0.2, 0) is 0 Å². The quantitative estimate of drug-likeness (QED) is 0.612. The average molecular weight is 281 g/mol. The molecule has 1 heterocycles. The van der Waals surface area contributed by atoms with Crippen molar-refractivity contribution in [3.63, 3.8) is 0 Å². The third-order valence-corrected chi connectivity index (χ3v) is 3.64. The highest BCUT2D eigenvalue weighted by atomic mass is 16.6. The van der Waals surface area contributed by atoms with Crippen molar-refractivity contribution in [2.24, 2.45) is 0 Å². The monoisotopic (exact) mass is 281 g/mol. The average Bonchev–Trinajstić information content (AvgIpc) is 2.45. The van der Waals surface area contributed by atoms with Crippen molar-refractivity contribution in [2.45, 2.75) is 38.1 Å². The van der Waals surface area contributed by atoms with Crippen LogP contribution in [0.5, 0.6) is 0 Å². The van der Waals surface area contributed by atoms with E-state index in [1.165, 1.54) is 12.7 Å². The number of anilines is 2. The van der Waals surface area contributed by atoms with E-state index in [0.29, 0.717) is 6.54 Å². The normalized spacial score (nSPS) is 16.1. The van der Waals surface area contributed by atoms with Gasteiger partial charge in [-0.05, 0) is 12.8 Å². The van der Waals surface area contributed by atoms with Gasteiger partial charge in [0.05, 0.1) is 11.5 Å². The molecule has 1 aliphatic rings. The topological polar surface area (TPSA) is 118 Å². The van der Waals surface area contributed by atoms with Gasteiger partial charge in [-0.25, -0.2) is 9.97 Å². The first-order valence-corrected chi connectivity index (χ1v) is 6.77. The van der Waals surface area contributed by atoms with Crippen molar-refractivity contribution >= 4 is 17.3 Å². The van der Waals surface area contributed by atoms with Gasteiger partial charge in [-0.2, -0.15) is 0 Å². The fourth-order valence-corrected chi connectivity index (χ4v) is 2.73. The summed E-state index contributed by atoms with van der Waals surface area (Å²) in [6.07, 6.45) is 6.46. The van der Waals surface area contributed by atoms with Crippen LogP contribution in [-0.4, -0.2) is 39.2 Å². The second-order valence-electron chi connectivity index (χ2n) is 4.90. The molecule has 0 saturated heterocycles. The van der Waals surface area contributed by atoms with Crippen molar-refractivity contribution in [3.8, 4) is 0 Å². The van der Waals surface area contributed by atoms with Crippen LogP contribution >= 0.6 is 0 Å². The number of nitrogens with zero attached hydrogens (tertiary/aromatic N) is 4. The van der Waals surface area contributed by atoms with Crippen molar-refractivity contribution in [2.75, 3.05) is 23.8 Å². The molecular weight excluding hydrogens is 262 g/mol. The van der Waals surface area contributed by atoms with Crippen LogP contribution < -0.4 is 10.6 Å². The van der Waals surface area contributed by atoms with Gasteiger partial charge in [0.15, 0.2) is 0 Å². The summed E-state index contributed by atoms with van der Waals surface area (Å²) < 4.78 is 0. The molecule has 1 aliphatic carbocycles. The van der Waals surface area contributed by atoms with E-state index in [9.17, 15) is 15.2 Å². The molecule has 1 fully saturated rings. The molecule has 8 heteroatoms. The molecule has 8 nitrogen and oxygen atoms in total. The minimum Gasteiger partial charge on any atom is -0.395 e. The Balaban J connectivity index is 2.38. The van der Waals surface area contributed by atoms with Gasteiger partial charge in [0.25, 0.3) is 0 Å². The van der Waals surface area contributed by atoms with E-state index < -0.39 is 4.92 Å². The third-order valence-electron chi connectivity index (χ3n) is 3.64. The summed E-state index contributed by atoms with van der Waals surface area (Å²) in [5.41, 5.74) is 5.33. The van der Waals surface area contributed by atoms with Crippen LogP contribution in [0.4, 0.5) is 17.3 Å². The Morgan fingerprint density at radius 2 is 2.10 bits per heavy atom. The zero-order valence-electron chi connectivity index (χ0n) is 11.2. The number of aliphatic hydroxyl groups excluding tert-OH is 1. The first kappa shape index (κ1) is 14.4. The molecular formula is C12H19N5O3. The Kier molecular flexibility index (Phi) is 4.67. The fraction of sp³-hybridized carbons (Fsp3) is 0.667. The molecule has 0 unspecified atom stereocenters. The Hall–Kier alpha value is -1.96. The standard InChI is InChI=1S/C12H19N5O3/c13-11-10(17(19)20)12(15-8-14-11)16(6-7-18)9-4-2-1-3-5-9/h8-9,18H,1-7H2,(H2,13,14,15). The summed E-state index contributed by atoms with van der Waals surface area (Å²) in [5, 5.41) is 20.4. The Morgan fingerprint density at radius 3 is 2.70 bits per heavy atom. The Labute approximate surface area is 116 Å². The number of nitrogen functional groups attached to an aromatic ring is 1. The first-order valence-electron chi connectivity index (χ1n) is 6.77. The molecule has 1 aromatic heterocycles. The zero-order valence-corrected chi connectivity index (χ0v) is 11.2. The summed E-state index contributed by atoms with van der Waals surface area (Å²) in [4.78, 5) is 20.2. The molecule has 0 radical (unpaired) electrons. The van der Waals surface area contributed by atoms with Crippen molar-refractivity contribution < 1.29 is 10.0 Å². The fourth-order valence-electron chi connectivity index (χ4n) is 2.73. The van der Waals surface area contributed by atoms with E-state index in [0.717, 1.165) is 25.7 Å². The molecule has 0 atom stereocenters. The van der Waals surface area contributed by atoms with E-state index >= 15 is 0 Å². The van der Waals surface area contributed by atoms with Gasteiger partial charge in [-0.15, -0.1) is 0 Å². The maximum Gasteiger partial charge on any atom is 0.353 e. The lowest BCUT2D eigenvalue weighted by Crippen LogP contribution is -2.40. The lowest BCUT2D eigenvalue weighted by molar-refractivity contribution is -0.383. The summed E-state index contributed by atoms with van der Waals surface area (Å²) in [6.45, 7) is 0.222. The number of nitro groups is 1. The van der Waals surface area contributed by atoms with E-state index in [4.69, 9.17) is 5.73 Å². The molecule has 0 amide bonds. The lowest BCUT2D eigenvalue weighted by Gasteiger charge is -2.34. The summed E-state index contributed by atoms with van der Waals surface area (Å²) in [6, 6.07) is 0.156. The second-order valence-corrected chi connectivity index (χ2v) is 4.90. The van der Waals surface area contributed by atoms with Gasteiger partial charge in [0, 0.05) is 12.6 Å². The van der Waals surface area contributed by atoms with Gasteiger partial charge < -0.3 is 15.7 Å². The van der Waals surface area contributed by atoms with Crippen molar-refractivity contribution in [1.29, 1.82) is 0 Å². The Morgan fingerprint density at radius 1 is 1.40 bits per heavy atom. The molecule has 0 spiro atoms. The largest absolute Gasteiger partial charge is 0.395 e. The van der Waals surface area contributed by atoms with Crippen molar-refractivity contribution in [1.82, 2.24) is 9.97 Å². The van der Waals surface area contributed by atoms with Crippen LogP contribution in [0.2, 0.25) is 0 Å². The maximum absolute atomic E-state index is 11.2. The number of rotatable bonds is 5. The molecule has 20 heavy (non-hydrogen) atoms. The molecule has 0 bridgehead atoms. The first-order chi connectivity index (χ1) is 9.65. The van der Waals surface area contributed by atoms with E-state index in [2.05, 4.69) is 9.97 Å². The van der Waals surface area contributed by atoms with E-state index in [1.807, 2.05) is 0 Å². The molecule has 110 valence electrons. The minimum absolute atomic E-state index is 0.0858. The van der Waals surface area contributed by atoms with Gasteiger partial charge in [-0.3, -0.25) is 10.1 Å². The highest BCUT2D eigenvalue weighted by molar-refractivity contribution is 5.68. The van der Waals surface area contributed by atoms with Crippen LogP contribution in [0, 0.1) is 10.1 Å². The second kappa shape index (κ2) is 6.47. The number of nitrogens with two attached hydrogens (primary N) is 1. The van der Waals surface area contributed by atoms with Crippen LogP contribution in [0.3, 0.4) is 0 Å². The molecule has 0 aromatic carbocycles. The van der Waals surface area contributed by atoms with Crippen LogP contribution in [0.1, 0.15) is 32.1 Å². The summed E-state index contributed by atoms with van der Waals surface area (Å²) >= 11 is 0. The highest BCUT2D eigenvalue weighted by Gasteiger charge is 2.30. The smallest absolute Gasteiger partial charge is 0.353 e. The molecule has 1 saturated carbocycles. The molecule has 1 aromatic rings. The molecule has 2 rings (SSSR count). The number of hydrogen-bond acceptors (Lipinski definition) is 7. The predicted molar refractivity (Wildman–Crippen MR) is 74.4 cm³/mol. The third kappa shape index (κ3) is 2.96. The highest BCUT2D eigenvalue weighted by Crippen LogP contribution is 2.34. The summed E-state index contributed by atoms with van der Waals surface area (Å²) in [7, 11) is 0. The lowest BCUT2D eigenvalue weighted by atomic mass is 9.94. The van der Waals surface area contributed by atoms with Crippen molar-refractivity contribution in [3.05, 3.63) is 16.4 Å². The maximum atomic E-state index is 11.2. The van der Waals surface area contributed by atoms with E-state index in [1.54, 1.807) is 4.90 Å². The van der Waals surface area contributed by atoms with Gasteiger partial charge in [-0.1, -0.05) is 19.3 Å². The van der Waals surface area contributed by atoms with Crippen LogP contribution in [0.25, 0.3) is 0 Å².